The van der Waals surface area contributed by atoms with E-state index >= 15 is 0 Å². The van der Waals surface area contributed by atoms with E-state index in [1.807, 2.05) is 24.1 Å². The highest BCUT2D eigenvalue weighted by Crippen LogP contribution is 2.26. The maximum absolute atomic E-state index is 4.57. The van der Waals surface area contributed by atoms with Crippen molar-refractivity contribution < 1.29 is 0 Å². The second-order valence-corrected chi connectivity index (χ2v) is 6.83. The molecule has 4 aromatic rings. The summed E-state index contributed by atoms with van der Waals surface area (Å²) in [6.45, 7) is 2.08. The molecule has 0 saturated carbocycles. The number of pyridine rings is 1. The lowest BCUT2D eigenvalue weighted by molar-refractivity contribution is 0.874. The van der Waals surface area contributed by atoms with E-state index in [2.05, 4.69) is 86.5 Å². The predicted octanol–water partition coefficient (Wildman–Crippen LogP) is 4.31. The molecule has 0 aliphatic carbocycles. The molecule has 0 unspecified atom stereocenters. The van der Waals surface area contributed by atoms with Gasteiger partial charge in [-0.2, -0.15) is 0 Å². The molecule has 23 heavy (non-hydrogen) atoms. The fraction of sp³-hybridized carbons (Fsp3) is 0.111. The Labute approximate surface area is 148 Å². The second kappa shape index (κ2) is 5.49. The Morgan fingerprint density at radius 1 is 1.04 bits per heavy atom. The minimum atomic E-state index is 0.932. The minimum absolute atomic E-state index is 0.932. The number of hydrogen-bond donors (Lipinski definition) is 0. The molecule has 0 spiro atoms. The van der Waals surface area contributed by atoms with Gasteiger partial charge in [0.05, 0.1) is 23.9 Å². The Morgan fingerprint density at radius 3 is 2.65 bits per heavy atom. The number of rotatable bonds is 2. The van der Waals surface area contributed by atoms with Crippen molar-refractivity contribution in [3.63, 3.8) is 0 Å². The van der Waals surface area contributed by atoms with Gasteiger partial charge in [0.15, 0.2) is 0 Å². The molecule has 0 N–H and O–H groups in total. The summed E-state index contributed by atoms with van der Waals surface area (Å²) in [6.07, 6.45) is 5.84. The molecule has 0 bridgehead atoms. The zero-order valence-electron chi connectivity index (χ0n) is 12.9. The lowest BCUT2D eigenvalue weighted by Gasteiger charge is -2.05. The Bertz CT molecular complexity index is 1010. The third kappa shape index (κ3) is 2.45. The second-order valence-electron chi connectivity index (χ2n) is 5.59. The molecule has 0 radical (unpaired) electrons. The van der Waals surface area contributed by atoms with Crippen molar-refractivity contribution in [2.24, 2.45) is 7.05 Å². The van der Waals surface area contributed by atoms with Crippen LogP contribution in [-0.4, -0.2) is 18.9 Å². The Morgan fingerprint density at radius 2 is 1.91 bits per heavy atom. The number of aryl methyl sites for hydroxylation is 1. The van der Waals surface area contributed by atoms with Gasteiger partial charge in [0, 0.05) is 33.6 Å². The fourth-order valence-corrected chi connectivity index (χ4v) is 3.31. The Balaban J connectivity index is 1.85. The minimum Gasteiger partial charge on any atom is -0.337 e. The van der Waals surface area contributed by atoms with Crippen molar-refractivity contribution in [1.29, 1.82) is 0 Å². The number of hydrogen-bond acceptors (Lipinski definition) is 2. The van der Waals surface area contributed by atoms with E-state index in [0.717, 1.165) is 28.3 Å². The van der Waals surface area contributed by atoms with E-state index in [0.29, 0.717) is 0 Å². The molecule has 5 heteroatoms. The van der Waals surface area contributed by atoms with Crippen LogP contribution in [-0.2, 0) is 7.05 Å². The fourth-order valence-electron chi connectivity index (χ4n) is 2.76. The highest BCUT2D eigenvalue weighted by atomic mass is 127. The number of halogens is 1. The first kappa shape index (κ1) is 14.4. The summed E-state index contributed by atoms with van der Waals surface area (Å²) in [6, 6.07) is 12.6. The topological polar surface area (TPSA) is 35.1 Å². The first-order chi connectivity index (χ1) is 11.1. The van der Waals surface area contributed by atoms with Gasteiger partial charge in [0.1, 0.15) is 5.65 Å². The van der Waals surface area contributed by atoms with Crippen LogP contribution in [0.3, 0.4) is 0 Å². The van der Waals surface area contributed by atoms with Crippen LogP contribution in [0.2, 0.25) is 0 Å². The number of aromatic nitrogens is 4. The molecule has 0 fully saturated rings. The molecule has 3 heterocycles. The third-order valence-corrected chi connectivity index (χ3v) is 4.81. The molecular formula is C18H15IN4. The van der Waals surface area contributed by atoms with Crippen LogP contribution >= 0.6 is 22.6 Å². The van der Waals surface area contributed by atoms with Crippen molar-refractivity contribution in [3.05, 3.63) is 64.4 Å². The van der Waals surface area contributed by atoms with E-state index in [4.69, 9.17) is 0 Å². The Kier molecular flexibility index (Phi) is 3.45. The van der Waals surface area contributed by atoms with Gasteiger partial charge in [-0.3, -0.25) is 4.40 Å². The van der Waals surface area contributed by atoms with Crippen LogP contribution < -0.4 is 0 Å². The van der Waals surface area contributed by atoms with Crippen LogP contribution in [0.4, 0.5) is 0 Å². The smallest absolute Gasteiger partial charge is 0.137 e. The van der Waals surface area contributed by atoms with Gasteiger partial charge < -0.3 is 4.57 Å². The number of imidazole rings is 2. The zero-order chi connectivity index (χ0) is 16.0. The molecule has 4 rings (SSSR count). The normalized spacial score (nSPS) is 11.3. The average molecular weight is 414 g/mol. The summed E-state index contributed by atoms with van der Waals surface area (Å²) in [7, 11) is 2.01. The van der Waals surface area contributed by atoms with Gasteiger partial charge in [-0.1, -0.05) is 12.1 Å². The van der Waals surface area contributed by atoms with Crippen molar-refractivity contribution >= 4 is 28.2 Å². The first-order valence-electron chi connectivity index (χ1n) is 7.35. The van der Waals surface area contributed by atoms with Crippen molar-refractivity contribution in [3.8, 4) is 22.5 Å². The summed E-state index contributed by atoms with van der Waals surface area (Å²) in [5.74, 6) is 0. The molecule has 1 aromatic carbocycles. The number of nitrogens with zero attached hydrogens (tertiary/aromatic N) is 4. The van der Waals surface area contributed by atoms with E-state index < -0.39 is 0 Å². The predicted molar refractivity (Wildman–Crippen MR) is 100 cm³/mol. The van der Waals surface area contributed by atoms with E-state index in [1.54, 1.807) is 0 Å². The van der Waals surface area contributed by atoms with Crippen LogP contribution in [0, 0.1) is 10.5 Å². The monoisotopic (exact) mass is 414 g/mol. The van der Waals surface area contributed by atoms with Gasteiger partial charge in [0.25, 0.3) is 0 Å². The first-order valence-corrected chi connectivity index (χ1v) is 8.43. The summed E-state index contributed by atoms with van der Waals surface area (Å²) in [5.41, 5.74) is 6.46. The highest BCUT2D eigenvalue weighted by Gasteiger charge is 2.11. The van der Waals surface area contributed by atoms with Crippen LogP contribution in [0.5, 0.6) is 0 Å². The van der Waals surface area contributed by atoms with Gasteiger partial charge >= 0.3 is 0 Å². The van der Waals surface area contributed by atoms with Crippen molar-refractivity contribution in [1.82, 2.24) is 18.9 Å². The molecular weight excluding hydrogens is 399 g/mol. The zero-order valence-corrected chi connectivity index (χ0v) is 15.0. The number of fused-ring (bicyclic) bond motifs is 1. The molecule has 0 atom stereocenters. The van der Waals surface area contributed by atoms with Gasteiger partial charge in [-0.25, -0.2) is 9.97 Å². The van der Waals surface area contributed by atoms with Gasteiger partial charge in [0.2, 0.25) is 0 Å². The van der Waals surface area contributed by atoms with Crippen molar-refractivity contribution in [2.45, 2.75) is 6.92 Å². The van der Waals surface area contributed by atoms with Crippen molar-refractivity contribution in [2.75, 3.05) is 0 Å². The van der Waals surface area contributed by atoms with E-state index in [9.17, 15) is 0 Å². The molecule has 0 amide bonds. The van der Waals surface area contributed by atoms with Crippen LogP contribution in [0.15, 0.2) is 55.1 Å². The molecule has 0 saturated heterocycles. The molecule has 3 aromatic heterocycles. The Hall–Kier alpha value is -2.15. The summed E-state index contributed by atoms with van der Waals surface area (Å²) in [5, 5.41) is 0. The van der Waals surface area contributed by atoms with E-state index in [1.165, 1.54) is 9.13 Å². The summed E-state index contributed by atoms with van der Waals surface area (Å²) >= 11 is 2.33. The highest BCUT2D eigenvalue weighted by molar-refractivity contribution is 14.1. The maximum Gasteiger partial charge on any atom is 0.137 e. The van der Waals surface area contributed by atoms with Crippen LogP contribution in [0.1, 0.15) is 5.69 Å². The molecule has 114 valence electrons. The maximum atomic E-state index is 4.57. The quantitative estimate of drug-likeness (QED) is 0.458. The molecule has 4 nitrogen and oxygen atoms in total. The van der Waals surface area contributed by atoms with Crippen LogP contribution in [0.25, 0.3) is 28.2 Å². The molecule has 0 aliphatic heterocycles. The van der Waals surface area contributed by atoms with Gasteiger partial charge in [-0.15, -0.1) is 0 Å². The largest absolute Gasteiger partial charge is 0.337 e. The standard InChI is InChI=1S/C18H15IN4/c1-12-18(21-11-22(12)2)14-6-7-23-16(10-20-17(23)9-14)13-4-3-5-15(19)8-13/h3-11H,1-2H3. The lowest BCUT2D eigenvalue weighted by Crippen LogP contribution is -1.92. The summed E-state index contributed by atoms with van der Waals surface area (Å²) in [4.78, 5) is 9.07. The SMILES string of the molecule is Cc1c(-c2ccn3c(-c4cccc(I)c4)cnc3c2)ncn1C. The van der Waals surface area contributed by atoms with E-state index in [-0.39, 0.29) is 0 Å². The van der Waals surface area contributed by atoms with Gasteiger partial charge in [-0.05, 0) is 53.8 Å². The molecule has 0 aliphatic rings. The lowest BCUT2D eigenvalue weighted by atomic mass is 10.1. The average Bonchev–Trinajstić information content (AvgIpc) is 3.11. The number of benzene rings is 1. The summed E-state index contributed by atoms with van der Waals surface area (Å²) < 4.78 is 5.37. The third-order valence-electron chi connectivity index (χ3n) is 4.14.